The molecule has 3 heterocycles. The predicted molar refractivity (Wildman–Crippen MR) is 131 cm³/mol. The Bertz CT molecular complexity index is 1200. The Balaban J connectivity index is 1.66. The summed E-state index contributed by atoms with van der Waals surface area (Å²) < 4.78 is 0. The van der Waals surface area contributed by atoms with Crippen LogP contribution in [0.3, 0.4) is 0 Å². The van der Waals surface area contributed by atoms with Gasteiger partial charge in [0.2, 0.25) is 5.54 Å². The average molecular weight is 450 g/mol. The van der Waals surface area contributed by atoms with Gasteiger partial charge < -0.3 is 0 Å². The summed E-state index contributed by atoms with van der Waals surface area (Å²) in [6.45, 7) is 8.82. The molecule has 5 atom stereocenters. The molecule has 5 nitrogen and oxygen atoms in total. The maximum Gasteiger partial charge on any atom is 0.246 e. The summed E-state index contributed by atoms with van der Waals surface area (Å²) in [5, 5.41) is 28.8. The van der Waals surface area contributed by atoms with Crippen molar-refractivity contribution in [2.45, 2.75) is 50.7 Å². The second-order valence-corrected chi connectivity index (χ2v) is 11.1. The fourth-order valence-electron chi connectivity index (χ4n) is 7.90. The molecule has 3 fully saturated rings. The van der Waals surface area contributed by atoms with Gasteiger partial charge in [-0.25, -0.2) is 0 Å². The molecule has 2 aromatic rings. The maximum absolute atomic E-state index is 10.7. The van der Waals surface area contributed by atoms with Crippen molar-refractivity contribution in [3.63, 3.8) is 0 Å². The molecule has 0 unspecified atom stereocenters. The first-order valence-electron chi connectivity index (χ1n) is 12.5. The summed E-state index contributed by atoms with van der Waals surface area (Å²) >= 11 is 0. The smallest absolute Gasteiger partial charge is 0.246 e. The van der Waals surface area contributed by atoms with Crippen LogP contribution in [0, 0.1) is 45.8 Å². The molecule has 5 heteroatoms. The van der Waals surface area contributed by atoms with Crippen LogP contribution in [0.25, 0.3) is 0 Å². The van der Waals surface area contributed by atoms with Crippen LogP contribution in [0.2, 0.25) is 0 Å². The van der Waals surface area contributed by atoms with E-state index in [1.807, 2.05) is 29.3 Å². The molecule has 0 radical (unpaired) electrons. The molecule has 6 rings (SSSR count). The van der Waals surface area contributed by atoms with Crippen LogP contribution < -0.4 is 0 Å². The van der Waals surface area contributed by atoms with E-state index >= 15 is 0 Å². The minimum Gasteiger partial charge on any atom is -0.296 e. The summed E-state index contributed by atoms with van der Waals surface area (Å²) in [7, 11) is 0. The minimum absolute atomic E-state index is 0.00404. The van der Waals surface area contributed by atoms with Gasteiger partial charge in [-0.2, -0.15) is 15.6 Å². The lowest BCUT2D eigenvalue weighted by Gasteiger charge is -2.46. The minimum atomic E-state index is -1.34. The van der Waals surface area contributed by atoms with E-state index in [2.05, 4.69) is 74.2 Å². The van der Waals surface area contributed by atoms with Gasteiger partial charge in [-0.05, 0) is 42.5 Å². The molecule has 4 aliphatic rings. The van der Waals surface area contributed by atoms with Crippen molar-refractivity contribution in [1.29, 1.82) is 10.5 Å². The monoisotopic (exact) mass is 449 g/mol. The SMILES string of the molecule is C[C@H]1[C@H](N2CCCC2)C(C#N)(C#N)N2N=C(c3ccccc3)[C@@H]3[C@@H](C3(C)C)[C@]12c1ccccc1. The summed E-state index contributed by atoms with van der Waals surface area (Å²) in [6, 6.07) is 25.8. The molecular formula is C29H31N5. The van der Waals surface area contributed by atoms with Gasteiger partial charge >= 0.3 is 0 Å². The van der Waals surface area contributed by atoms with E-state index in [1.165, 1.54) is 5.56 Å². The quantitative estimate of drug-likeness (QED) is 0.677. The second-order valence-electron chi connectivity index (χ2n) is 11.1. The molecule has 1 saturated carbocycles. The van der Waals surface area contributed by atoms with E-state index in [4.69, 9.17) is 5.10 Å². The van der Waals surface area contributed by atoms with Gasteiger partial charge in [-0.1, -0.05) is 81.4 Å². The van der Waals surface area contributed by atoms with Crippen LogP contribution in [-0.2, 0) is 5.54 Å². The zero-order chi connectivity index (χ0) is 23.7. The van der Waals surface area contributed by atoms with Crippen LogP contribution in [0.4, 0.5) is 0 Å². The van der Waals surface area contributed by atoms with E-state index in [0.29, 0.717) is 0 Å². The van der Waals surface area contributed by atoms with Gasteiger partial charge in [-0.3, -0.25) is 9.91 Å². The molecule has 0 aromatic heterocycles. The van der Waals surface area contributed by atoms with E-state index in [-0.39, 0.29) is 29.2 Å². The summed E-state index contributed by atoms with van der Waals surface area (Å²) in [4.78, 5) is 2.40. The van der Waals surface area contributed by atoms with Crippen molar-refractivity contribution in [3.05, 3.63) is 71.8 Å². The van der Waals surface area contributed by atoms with Crippen LogP contribution in [0.15, 0.2) is 65.8 Å². The number of hydrazone groups is 1. The van der Waals surface area contributed by atoms with E-state index in [9.17, 15) is 10.5 Å². The molecule has 34 heavy (non-hydrogen) atoms. The topological polar surface area (TPSA) is 66.4 Å². The lowest BCUT2D eigenvalue weighted by atomic mass is 9.71. The first-order valence-corrected chi connectivity index (χ1v) is 12.5. The zero-order valence-electron chi connectivity index (χ0n) is 20.1. The van der Waals surface area contributed by atoms with Crippen LogP contribution in [0.1, 0.15) is 44.7 Å². The number of nitrogens with zero attached hydrogens (tertiary/aromatic N) is 5. The molecular weight excluding hydrogens is 418 g/mol. The molecule has 1 aliphatic carbocycles. The highest BCUT2D eigenvalue weighted by Gasteiger charge is 2.81. The summed E-state index contributed by atoms with van der Waals surface area (Å²) in [6.07, 6.45) is 2.23. The maximum atomic E-state index is 10.7. The number of nitriles is 2. The number of fused-ring (bicyclic) bond motifs is 3. The Morgan fingerprint density at radius 3 is 2.09 bits per heavy atom. The third-order valence-electron chi connectivity index (χ3n) is 9.26. The van der Waals surface area contributed by atoms with Crippen molar-refractivity contribution in [2.24, 2.45) is 28.3 Å². The van der Waals surface area contributed by atoms with Gasteiger partial charge in [0.25, 0.3) is 0 Å². The summed E-state index contributed by atoms with van der Waals surface area (Å²) in [5.41, 5.74) is 1.44. The van der Waals surface area contributed by atoms with Crippen molar-refractivity contribution in [1.82, 2.24) is 9.91 Å². The van der Waals surface area contributed by atoms with Gasteiger partial charge in [0.15, 0.2) is 0 Å². The van der Waals surface area contributed by atoms with Crippen molar-refractivity contribution in [3.8, 4) is 12.1 Å². The number of rotatable bonds is 3. The number of hydrogen-bond acceptors (Lipinski definition) is 5. The highest BCUT2D eigenvalue weighted by molar-refractivity contribution is 6.05. The Morgan fingerprint density at radius 1 is 0.912 bits per heavy atom. The van der Waals surface area contributed by atoms with Gasteiger partial charge in [0.1, 0.15) is 12.1 Å². The first-order chi connectivity index (χ1) is 16.4. The first kappa shape index (κ1) is 21.4. The molecule has 172 valence electrons. The Labute approximate surface area is 202 Å². The molecule has 3 aliphatic heterocycles. The molecule has 2 aromatic carbocycles. The van der Waals surface area contributed by atoms with Crippen molar-refractivity contribution in [2.75, 3.05) is 13.1 Å². The Kier molecular flexibility index (Phi) is 4.51. The Hall–Kier alpha value is -3.15. The number of likely N-dealkylation sites (tertiary alicyclic amines) is 1. The predicted octanol–water partition coefficient (Wildman–Crippen LogP) is 4.77. The third kappa shape index (κ3) is 2.44. The standard InChI is InChI=1S/C29H31N5/c1-20-26(33-16-10-11-17-33)28(18-30,19-31)34-29(20,22-14-8-5-9-15-22)25-23(27(25,2)3)24(32-34)21-12-6-4-7-13-21/h4-9,12-15,20,23,25-26H,10-11,16-17H2,1-3H3/t20-,23+,25-,26-,29+/m0/s1. The summed E-state index contributed by atoms with van der Waals surface area (Å²) in [5.74, 6) is 0.614. The van der Waals surface area contributed by atoms with E-state index in [0.717, 1.165) is 37.2 Å². The fraction of sp³-hybridized carbons (Fsp3) is 0.483. The molecule has 0 amide bonds. The van der Waals surface area contributed by atoms with Crippen molar-refractivity contribution >= 4 is 5.71 Å². The normalized spacial score (nSPS) is 35.0. The lowest BCUT2D eigenvalue weighted by Crippen LogP contribution is -2.56. The number of benzene rings is 2. The van der Waals surface area contributed by atoms with E-state index in [1.54, 1.807) is 0 Å². The molecule has 2 saturated heterocycles. The van der Waals surface area contributed by atoms with E-state index < -0.39 is 11.1 Å². The van der Waals surface area contributed by atoms with Crippen LogP contribution in [-0.4, -0.2) is 40.3 Å². The average Bonchev–Trinajstić information content (AvgIpc) is 3.20. The zero-order valence-corrected chi connectivity index (χ0v) is 20.1. The Morgan fingerprint density at radius 2 is 1.50 bits per heavy atom. The fourth-order valence-corrected chi connectivity index (χ4v) is 7.90. The highest BCUT2D eigenvalue weighted by Crippen LogP contribution is 2.75. The number of hydrogen-bond donors (Lipinski definition) is 0. The lowest BCUT2D eigenvalue weighted by molar-refractivity contribution is 0.0309. The second kappa shape index (κ2) is 7.17. The highest BCUT2D eigenvalue weighted by atomic mass is 15.6. The molecule has 0 bridgehead atoms. The van der Waals surface area contributed by atoms with Crippen LogP contribution >= 0.6 is 0 Å². The van der Waals surface area contributed by atoms with Gasteiger partial charge in [0.05, 0.1) is 17.3 Å². The van der Waals surface area contributed by atoms with Crippen molar-refractivity contribution < 1.29 is 0 Å². The molecule has 0 N–H and O–H groups in total. The van der Waals surface area contributed by atoms with Gasteiger partial charge in [-0.15, -0.1) is 0 Å². The van der Waals surface area contributed by atoms with Gasteiger partial charge in [0, 0.05) is 17.8 Å². The largest absolute Gasteiger partial charge is 0.296 e. The third-order valence-corrected chi connectivity index (χ3v) is 9.26. The molecule has 0 spiro atoms. The van der Waals surface area contributed by atoms with Crippen LogP contribution in [0.5, 0.6) is 0 Å².